The highest BCUT2D eigenvalue weighted by Gasteiger charge is 2.41. The third-order valence-electron chi connectivity index (χ3n) is 8.52. The summed E-state index contributed by atoms with van der Waals surface area (Å²) in [7, 11) is 3.14. The lowest BCUT2D eigenvalue weighted by Gasteiger charge is -2.34. The van der Waals surface area contributed by atoms with E-state index in [4.69, 9.17) is 11.1 Å². The first-order chi connectivity index (χ1) is 25.8. The number of amides is 6. The molecule has 0 saturated carbocycles. The SMILES string of the molecule is C=C(/C=C\C(C)=N)N=CN=C1NC(=O)N(/C=C/C(=C\C=C\C)C(O)N[C@H](C(=O)N2CCC[C@H]2C(=O)NC(C)(C)C(=O)NCC(=O)N(C)C)C(C)C)CC1=CN. The fraction of sp³-hybridized carbons (Fsp3) is 0.474. The predicted molar refractivity (Wildman–Crippen MR) is 214 cm³/mol. The first-order valence-corrected chi connectivity index (χ1v) is 17.9. The lowest BCUT2D eigenvalue weighted by molar-refractivity contribution is -0.143. The van der Waals surface area contributed by atoms with Gasteiger partial charge in [-0.1, -0.05) is 38.7 Å². The molecular weight excluding hydrogens is 706 g/mol. The fourth-order valence-corrected chi connectivity index (χ4v) is 5.28. The van der Waals surface area contributed by atoms with Crippen molar-refractivity contribution in [3.05, 3.63) is 72.3 Å². The summed E-state index contributed by atoms with van der Waals surface area (Å²) in [6.45, 7) is 14.0. The molecule has 0 radical (unpaired) electrons. The van der Waals surface area contributed by atoms with Gasteiger partial charge in [0.05, 0.1) is 24.8 Å². The van der Waals surface area contributed by atoms with Crippen molar-refractivity contribution < 1.29 is 29.1 Å². The molecule has 3 atom stereocenters. The number of nitrogens with one attached hydrogen (secondary N) is 5. The van der Waals surface area contributed by atoms with Gasteiger partial charge in [0.15, 0.2) is 0 Å². The number of carbonyl (C=O) groups excluding carboxylic acids is 5. The van der Waals surface area contributed by atoms with Gasteiger partial charge in [0.25, 0.3) is 0 Å². The molecular formula is C38H57N11O6. The molecule has 17 heteroatoms. The van der Waals surface area contributed by atoms with Crippen LogP contribution in [0.2, 0.25) is 0 Å². The summed E-state index contributed by atoms with van der Waals surface area (Å²) < 4.78 is 0. The second kappa shape index (κ2) is 21.3. The van der Waals surface area contributed by atoms with Crippen molar-refractivity contribution in [1.82, 2.24) is 36.0 Å². The molecule has 2 fully saturated rings. The maximum Gasteiger partial charge on any atom is 0.327 e. The highest BCUT2D eigenvalue weighted by Crippen LogP contribution is 2.22. The van der Waals surface area contributed by atoms with E-state index < -0.39 is 47.6 Å². The summed E-state index contributed by atoms with van der Waals surface area (Å²) >= 11 is 0. The molecule has 0 bridgehead atoms. The maximum atomic E-state index is 14.0. The van der Waals surface area contributed by atoms with Gasteiger partial charge in [0.2, 0.25) is 23.6 Å². The van der Waals surface area contributed by atoms with Crippen LogP contribution in [0.3, 0.4) is 0 Å². The van der Waals surface area contributed by atoms with E-state index in [9.17, 15) is 29.1 Å². The van der Waals surface area contributed by atoms with E-state index in [2.05, 4.69) is 37.8 Å². The Morgan fingerprint density at radius 1 is 1.20 bits per heavy atom. The zero-order chi connectivity index (χ0) is 41.5. The molecule has 0 aliphatic carbocycles. The van der Waals surface area contributed by atoms with E-state index in [-0.39, 0.29) is 30.8 Å². The molecule has 0 aromatic carbocycles. The number of carbonyl (C=O) groups is 5. The number of allylic oxidation sites excluding steroid dienone is 5. The van der Waals surface area contributed by atoms with Crippen molar-refractivity contribution in [3.8, 4) is 0 Å². The summed E-state index contributed by atoms with van der Waals surface area (Å²) in [6.07, 6.45) is 13.3. The Kier molecular flexibility index (Phi) is 17.6. The quantitative estimate of drug-likeness (QED) is 0.0494. The molecule has 6 amide bonds. The van der Waals surface area contributed by atoms with Crippen LogP contribution < -0.4 is 27.0 Å². The van der Waals surface area contributed by atoms with E-state index >= 15 is 0 Å². The zero-order valence-electron chi connectivity index (χ0n) is 33.1. The van der Waals surface area contributed by atoms with Gasteiger partial charge in [-0.05, 0) is 70.3 Å². The summed E-state index contributed by atoms with van der Waals surface area (Å²) in [4.78, 5) is 77.7. The number of amidine groups is 1. The second-order valence-corrected chi connectivity index (χ2v) is 14.1. The summed E-state index contributed by atoms with van der Waals surface area (Å²) in [5, 5.41) is 29.8. The van der Waals surface area contributed by atoms with Crippen molar-refractivity contribution in [1.29, 1.82) is 5.41 Å². The number of likely N-dealkylation sites (N-methyl/N-ethyl adjacent to an activating group) is 1. The number of rotatable bonds is 17. The summed E-state index contributed by atoms with van der Waals surface area (Å²) in [5.41, 5.74) is 5.99. The number of aliphatic hydroxyl groups excluding tert-OH is 1. The number of likely N-dealkylation sites (tertiary alicyclic amines) is 1. The van der Waals surface area contributed by atoms with Crippen LogP contribution in [0, 0.1) is 11.3 Å². The molecule has 0 aromatic rings. The maximum absolute atomic E-state index is 14.0. The summed E-state index contributed by atoms with van der Waals surface area (Å²) in [5.74, 6) is -1.87. The monoisotopic (exact) mass is 763 g/mol. The van der Waals surface area contributed by atoms with Gasteiger partial charge in [-0.2, -0.15) is 0 Å². The minimum Gasteiger partial charge on any atom is -0.404 e. The van der Waals surface area contributed by atoms with Gasteiger partial charge >= 0.3 is 6.03 Å². The van der Waals surface area contributed by atoms with E-state index in [0.29, 0.717) is 41.9 Å². The molecule has 2 saturated heterocycles. The van der Waals surface area contributed by atoms with Gasteiger partial charge in [0, 0.05) is 44.3 Å². The first kappa shape index (κ1) is 45.5. The number of hydrogen-bond acceptors (Lipinski definition) is 10. The van der Waals surface area contributed by atoms with Crippen LogP contribution in [0.25, 0.3) is 0 Å². The molecule has 0 spiro atoms. The smallest absolute Gasteiger partial charge is 0.327 e. The van der Waals surface area contributed by atoms with Crippen LogP contribution in [-0.4, -0.2) is 125 Å². The number of aliphatic hydroxyl groups is 1. The highest BCUT2D eigenvalue weighted by atomic mass is 16.3. The second-order valence-electron chi connectivity index (χ2n) is 14.1. The van der Waals surface area contributed by atoms with Crippen molar-refractivity contribution in [2.45, 2.75) is 78.2 Å². The lowest BCUT2D eigenvalue weighted by atomic mass is 10.00. The van der Waals surface area contributed by atoms with Gasteiger partial charge in [0.1, 0.15) is 30.0 Å². The van der Waals surface area contributed by atoms with E-state index in [1.807, 2.05) is 13.8 Å². The normalized spacial score (nSPS) is 19.6. The average molecular weight is 764 g/mol. The third kappa shape index (κ3) is 13.9. The van der Waals surface area contributed by atoms with E-state index in [1.165, 1.54) is 59.4 Å². The minimum absolute atomic E-state index is 0.0535. The third-order valence-corrected chi connectivity index (χ3v) is 8.52. The Hall–Kier alpha value is -5.68. The molecule has 1 unspecified atom stereocenters. The molecule has 2 heterocycles. The molecule has 2 aliphatic rings. The lowest BCUT2D eigenvalue weighted by Crippen LogP contribution is -2.61. The van der Waals surface area contributed by atoms with E-state index in [1.54, 1.807) is 52.2 Å². The predicted octanol–water partition coefficient (Wildman–Crippen LogP) is 1.43. The Bertz CT molecular complexity index is 1690. The van der Waals surface area contributed by atoms with Gasteiger partial charge < -0.3 is 36.7 Å². The van der Waals surface area contributed by atoms with Crippen LogP contribution >= 0.6 is 0 Å². The minimum atomic E-state index is -1.37. The number of aliphatic imine (C=N–C) groups is 2. The largest absolute Gasteiger partial charge is 0.404 e. The van der Waals surface area contributed by atoms with Crippen molar-refractivity contribution in [2.24, 2.45) is 21.6 Å². The van der Waals surface area contributed by atoms with Crippen LogP contribution in [0.4, 0.5) is 4.79 Å². The molecule has 300 valence electrons. The van der Waals surface area contributed by atoms with Crippen LogP contribution in [0.5, 0.6) is 0 Å². The molecule has 8 N–H and O–H groups in total. The highest BCUT2D eigenvalue weighted by molar-refractivity contribution is 6.12. The summed E-state index contributed by atoms with van der Waals surface area (Å²) in [6, 6.07) is -2.28. The van der Waals surface area contributed by atoms with Gasteiger partial charge in [-0.3, -0.25) is 34.7 Å². The zero-order valence-corrected chi connectivity index (χ0v) is 33.1. The topological polar surface area (TPSA) is 238 Å². The Morgan fingerprint density at radius 2 is 1.89 bits per heavy atom. The number of nitrogens with zero attached hydrogens (tertiary/aromatic N) is 5. The fourth-order valence-electron chi connectivity index (χ4n) is 5.28. The molecule has 55 heavy (non-hydrogen) atoms. The molecule has 0 aromatic heterocycles. The van der Waals surface area contributed by atoms with Crippen molar-refractivity contribution >= 4 is 47.5 Å². The number of urea groups is 1. The number of hydrogen-bond donors (Lipinski definition) is 7. The Morgan fingerprint density at radius 3 is 2.49 bits per heavy atom. The van der Waals surface area contributed by atoms with Crippen LogP contribution in [0.15, 0.2) is 82.3 Å². The van der Waals surface area contributed by atoms with Crippen molar-refractivity contribution in [2.75, 3.05) is 33.7 Å². The standard InChI is InChI=1S/C38H57N11O6/c1-10-11-13-27(17-19-48-22-28(20-39)32(45-37(48)55)43-23-42-26(5)16-15-25(4)40)33(51)44-31(24(2)3)35(53)49-18-12-14-29(49)34(52)46-38(6,7)36(54)41-21-30(50)47(8)9/h10-11,13,15-17,19-20,23-24,29,31,33,40,44,51H,5,12,14,18,21-22,39H2,1-4,6-9H3,(H,41,54)(H,46,52)(H,42,43,45,55)/b11-10+,16-15-,19-17+,27-13+,28-20?,40-25?/t29-,31-,33?/m0/s1. The van der Waals surface area contributed by atoms with Gasteiger partial charge in [-0.25, -0.2) is 14.8 Å². The number of nitrogens with two attached hydrogens (primary N) is 1. The molecule has 17 nitrogen and oxygen atoms in total. The van der Waals surface area contributed by atoms with Crippen LogP contribution in [0.1, 0.15) is 54.4 Å². The van der Waals surface area contributed by atoms with E-state index in [0.717, 1.165) is 0 Å². The Balaban J connectivity index is 2.20. The molecule has 2 aliphatic heterocycles. The Labute approximate surface area is 323 Å². The average Bonchev–Trinajstić information content (AvgIpc) is 3.62. The first-order valence-electron chi connectivity index (χ1n) is 17.9. The molecule has 2 rings (SSSR count). The van der Waals surface area contributed by atoms with Crippen LogP contribution in [-0.2, 0) is 19.2 Å². The van der Waals surface area contributed by atoms with Gasteiger partial charge in [-0.15, -0.1) is 0 Å². The van der Waals surface area contributed by atoms with Crippen molar-refractivity contribution in [3.63, 3.8) is 0 Å².